The second-order valence-corrected chi connectivity index (χ2v) is 4.98. The van der Waals surface area contributed by atoms with Gasteiger partial charge < -0.3 is 0 Å². The first-order chi connectivity index (χ1) is 11.1. The minimum Gasteiger partial charge on any atom is -0.274 e. The van der Waals surface area contributed by atoms with Crippen LogP contribution in [0.2, 0.25) is 0 Å². The molecule has 0 atom stereocenters. The quantitative estimate of drug-likeness (QED) is 0.673. The van der Waals surface area contributed by atoms with Crippen LogP contribution in [0, 0.1) is 0 Å². The summed E-state index contributed by atoms with van der Waals surface area (Å²) < 4.78 is 3.96. The Morgan fingerprint density at radius 3 is 2.65 bits per heavy atom. The van der Waals surface area contributed by atoms with E-state index in [9.17, 15) is 9.59 Å². The molecule has 0 bridgehead atoms. The van der Waals surface area contributed by atoms with E-state index in [-0.39, 0.29) is 6.54 Å². The Labute approximate surface area is 131 Å². The number of rotatable bonds is 4. The first kappa shape index (κ1) is 14.7. The van der Waals surface area contributed by atoms with E-state index in [0.717, 1.165) is 10.1 Å². The Morgan fingerprint density at radius 2 is 1.96 bits per heavy atom. The fourth-order valence-electron chi connectivity index (χ4n) is 2.34. The van der Waals surface area contributed by atoms with Crippen molar-refractivity contribution in [3.8, 4) is 17.1 Å². The lowest BCUT2D eigenvalue weighted by molar-refractivity contribution is 0.614. The number of hydrogen-bond donors (Lipinski definition) is 0. The summed E-state index contributed by atoms with van der Waals surface area (Å²) in [6, 6.07) is 10.9. The highest BCUT2D eigenvalue weighted by Gasteiger charge is 2.15. The molecular weight excluding hydrogens is 294 g/mol. The van der Waals surface area contributed by atoms with E-state index >= 15 is 0 Å². The van der Waals surface area contributed by atoms with E-state index in [0.29, 0.717) is 11.5 Å². The maximum Gasteiger partial charge on any atom is 0.332 e. The van der Waals surface area contributed by atoms with Crippen molar-refractivity contribution in [3.05, 3.63) is 76.1 Å². The van der Waals surface area contributed by atoms with Crippen molar-refractivity contribution >= 4 is 0 Å². The second kappa shape index (κ2) is 5.88. The maximum absolute atomic E-state index is 12.4. The fraction of sp³-hybridized carbons (Fsp3) is 0.125. The largest absolute Gasteiger partial charge is 0.332 e. The second-order valence-electron chi connectivity index (χ2n) is 4.98. The summed E-state index contributed by atoms with van der Waals surface area (Å²) in [5, 5.41) is 7.96. The molecule has 2 aromatic heterocycles. The Morgan fingerprint density at radius 1 is 1.22 bits per heavy atom. The molecule has 0 unspecified atom stereocenters. The summed E-state index contributed by atoms with van der Waals surface area (Å²) in [6.45, 7) is 3.92. The topological polar surface area (TPSA) is 74.7 Å². The number of aromatic nitrogens is 5. The van der Waals surface area contributed by atoms with Crippen LogP contribution in [0.1, 0.15) is 0 Å². The molecule has 0 amide bonds. The predicted octanol–water partition coefficient (Wildman–Crippen LogP) is 0.981. The normalized spacial score (nSPS) is 10.7. The summed E-state index contributed by atoms with van der Waals surface area (Å²) in [4.78, 5) is 24.4. The monoisotopic (exact) mass is 309 g/mol. The molecule has 3 aromatic rings. The van der Waals surface area contributed by atoms with E-state index in [4.69, 9.17) is 0 Å². The molecule has 1 aromatic carbocycles. The van der Waals surface area contributed by atoms with Gasteiger partial charge in [0.25, 0.3) is 5.56 Å². The molecule has 23 heavy (non-hydrogen) atoms. The van der Waals surface area contributed by atoms with Gasteiger partial charge in [-0.25, -0.2) is 4.79 Å². The molecule has 7 heteroatoms. The van der Waals surface area contributed by atoms with Gasteiger partial charge in [0, 0.05) is 25.2 Å². The number of hydrogen-bond acceptors (Lipinski definition) is 4. The summed E-state index contributed by atoms with van der Waals surface area (Å²) in [5.74, 6) is 0.356. The lowest BCUT2D eigenvalue weighted by Crippen LogP contribution is -2.39. The molecule has 116 valence electrons. The van der Waals surface area contributed by atoms with Gasteiger partial charge in [-0.3, -0.25) is 13.9 Å². The van der Waals surface area contributed by atoms with Crippen LogP contribution in [-0.2, 0) is 13.6 Å². The zero-order chi connectivity index (χ0) is 16.4. The molecule has 0 saturated heterocycles. The van der Waals surface area contributed by atoms with Crippen molar-refractivity contribution in [1.29, 1.82) is 0 Å². The van der Waals surface area contributed by atoms with Gasteiger partial charge in [0.15, 0.2) is 0 Å². The van der Waals surface area contributed by atoms with Gasteiger partial charge in [0.05, 0.1) is 11.9 Å². The van der Waals surface area contributed by atoms with Crippen LogP contribution in [0.25, 0.3) is 17.1 Å². The van der Waals surface area contributed by atoms with Gasteiger partial charge in [0.1, 0.15) is 5.82 Å². The van der Waals surface area contributed by atoms with E-state index in [2.05, 4.69) is 16.9 Å². The molecular formula is C16H15N5O2. The molecule has 3 rings (SSSR count). The summed E-state index contributed by atoms with van der Waals surface area (Å²) in [5.41, 5.74) is 0.744. The van der Waals surface area contributed by atoms with E-state index in [1.54, 1.807) is 12.3 Å². The standard InChI is InChI=1S/C16H15N5O2/c1-3-9-20-14(10-15(22)19(2)16(20)23)21-13(11-17-18-21)12-7-5-4-6-8-12/h3-8,10-11H,1,9H2,2H3. The van der Waals surface area contributed by atoms with E-state index in [1.165, 1.54) is 22.4 Å². The van der Waals surface area contributed by atoms with Crippen LogP contribution in [-0.4, -0.2) is 24.1 Å². The van der Waals surface area contributed by atoms with Crippen molar-refractivity contribution in [2.24, 2.45) is 7.05 Å². The Bertz CT molecular complexity index is 966. The number of benzene rings is 1. The van der Waals surface area contributed by atoms with Crippen molar-refractivity contribution in [2.45, 2.75) is 6.54 Å². The first-order valence-corrected chi connectivity index (χ1v) is 7.01. The average Bonchev–Trinajstić information content (AvgIpc) is 3.05. The minimum atomic E-state index is -0.429. The molecule has 0 aliphatic rings. The van der Waals surface area contributed by atoms with Crippen molar-refractivity contribution < 1.29 is 0 Å². The molecule has 7 nitrogen and oxygen atoms in total. The minimum absolute atomic E-state index is 0.260. The van der Waals surface area contributed by atoms with Crippen LogP contribution in [0.3, 0.4) is 0 Å². The maximum atomic E-state index is 12.4. The highest BCUT2D eigenvalue weighted by Crippen LogP contribution is 2.19. The zero-order valence-electron chi connectivity index (χ0n) is 12.6. The van der Waals surface area contributed by atoms with Gasteiger partial charge in [-0.1, -0.05) is 41.6 Å². The number of nitrogens with zero attached hydrogens (tertiary/aromatic N) is 5. The van der Waals surface area contributed by atoms with Crippen molar-refractivity contribution in [3.63, 3.8) is 0 Å². The third-order valence-corrected chi connectivity index (χ3v) is 3.53. The lowest BCUT2D eigenvalue weighted by Gasteiger charge is -2.13. The molecule has 0 fully saturated rings. The molecule has 0 saturated carbocycles. The van der Waals surface area contributed by atoms with Gasteiger partial charge in [-0.15, -0.1) is 11.7 Å². The number of allylic oxidation sites excluding steroid dienone is 1. The molecule has 0 spiro atoms. The molecule has 0 radical (unpaired) electrons. The molecule has 2 heterocycles. The molecule has 0 aliphatic carbocycles. The average molecular weight is 309 g/mol. The Balaban J connectivity index is 2.29. The van der Waals surface area contributed by atoms with Crippen molar-refractivity contribution in [1.82, 2.24) is 24.1 Å². The summed E-state index contributed by atoms with van der Waals surface area (Å²) >= 11 is 0. The van der Waals surface area contributed by atoms with Crippen LogP contribution in [0.5, 0.6) is 0 Å². The smallest absolute Gasteiger partial charge is 0.274 e. The lowest BCUT2D eigenvalue weighted by atomic mass is 10.2. The predicted molar refractivity (Wildman–Crippen MR) is 86.5 cm³/mol. The van der Waals surface area contributed by atoms with Crippen LogP contribution >= 0.6 is 0 Å². The molecule has 0 N–H and O–H groups in total. The van der Waals surface area contributed by atoms with Gasteiger partial charge in [-0.2, -0.15) is 4.68 Å². The fourth-order valence-corrected chi connectivity index (χ4v) is 2.34. The Kier molecular flexibility index (Phi) is 3.76. The highest BCUT2D eigenvalue weighted by molar-refractivity contribution is 5.60. The van der Waals surface area contributed by atoms with E-state index < -0.39 is 11.2 Å². The van der Waals surface area contributed by atoms with Crippen LogP contribution < -0.4 is 11.2 Å². The third kappa shape index (κ3) is 2.52. The highest BCUT2D eigenvalue weighted by atomic mass is 16.2. The third-order valence-electron chi connectivity index (χ3n) is 3.53. The van der Waals surface area contributed by atoms with Crippen LogP contribution in [0.4, 0.5) is 0 Å². The SMILES string of the molecule is C=CCn1c(-n2nncc2-c2ccccc2)cc(=O)n(C)c1=O. The zero-order valence-corrected chi connectivity index (χ0v) is 12.6. The van der Waals surface area contributed by atoms with Crippen LogP contribution in [0.15, 0.2) is 64.8 Å². The Hall–Kier alpha value is -3.22. The molecule has 0 aliphatic heterocycles. The van der Waals surface area contributed by atoms with Crippen molar-refractivity contribution in [2.75, 3.05) is 0 Å². The van der Waals surface area contributed by atoms with E-state index in [1.807, 2.05) is 30.3 Å². The van der Waals surface area contributed by atoms with Gasteiger partial charge in [-0.05, 0) is 0 Å². The summed E-state index contributed by atoms with van der Waals surface area (Å²) in [6.07, 6.45) is 3.18. The van der Waals surface area contributed by atoms with Gasteiger partial charge >= 0.3 is 5.69 Å². The summed E-state index contributed by atoms with van der Waals surface area (Å²) in [7, 11) is 1.44. The first-order valence-electron chi connectivity index (χ1n) is 7.01. The van der Waals surface area contributed by atoms with Gasteiger partial charge in [0.2, 0.25) is 0 Å².